The Morgan fingerprint density at radius 3 is 3.15 bits per heavy atom. The highest BCUT2D eigenvalue weighted by Gasteiger charge is 2.28. The van der Waals surface area contributed by atoms with Gasteiger partial charge < -0.3 is 23.8 Å². The van der Waals surface area contributed by atoms with Gasteiger partial charge in [-0.1, -0.05) is 6.07 Å². The van der Waals surface area contributed by atoms with Crippen molar-refractivity contribution in [2.75, 3.05) is 25.6 Å². The van der Waals surface area contributed by atoms with Crippen molar-refractivity contribution in [1.82, 2.24) is 9.55 Å². The maximum Gasteiger partial charge on any atom is 0.278 e. The van der Waals surface area contributed by atoms with Gasteiger partial charge in [0.05, 0.1) is 12.1 Å². The van der Waals surface area contributed by atoms with Crippen LogP contribution in [0.3, 0.4) is 0 Å². The fourth-order valence-corrected chi connectivity index (χ4v) is 3.28. The lowest BCUT2D eigenvalue weighted by atomic mass is 10.1. The summed E-state index contributed by atoms with van der Waals surface area (Å²) < 4.78 is 18.3. The van der Waals surface area contributed by atoms with Crippen molar-refractivity contribution in [2.24, 2.45) is 0 Å². The molecule has 136 valence electrons. The largest absolute Gasteiger partial charge is 0.445 e. The van der Waals surface area contributed by atoms with E-state index in [2.05, 4.69) is 14.9 Å². The number of methoxy groups -OCH3 is 1. The minimum absolute atomic E-state index is 0.188. The lowest BCUT2D eigenvalue weighted by Gasteiger charge is -2.09. The number of ether oxygens (including phenoxy) is 2. The van der Waals surface area contributed by atoms with Crippen molar-refractivity contribution in [3.05, 3.63) is 48.3 Å². The maximum atomic E-state index is 12.7. The van der Waals surface area contributed by atoms with E-state index in [1.807, 2.05) is 30.5 Å². The number of aromatic nitrogens is 2. The standard InChI is InChI=1S/C19H21N3O4/c1-24-10-8-22-7-6-13-4-5-14(11-15(13)22)21-19(23)17-18(26-12-20-17)16-3-2-9-25-16/h4-7,11-12,16H,2-3,8-10H2,1H3,(H,21,23)/t16-/m1/s1. The third-order valence-corrected chi connectivity index (χ3v) is 4.60. The van der Waals surface area contributed by atoms with E-state index in [-0.39, 0.29) is 17.7 Å². The first-order valence-corrected chi connectivity index (χ1v) is 8.70. The molecule has 0 aliphatic carbocycles. The van der Waals surface area contributed by atoms with Crippen LogP contribution in [-0.4, -0.2) is 35.8 Å². The number of nitrogens with zero attached hydrogens (tertiary/aromatic N) is 2. The zero-order valence-electron chi connectivity index (χ0n) is 14.6. The quantitative estimate of drug-likeness (QED) is 0.733. The Bertz CT molecular complexity index is 909. The average molecular weight is 355 g/mol. The molecular formula is C19H21N3O4. The van der Waals surface area contributed by atoms with Crippen LogP contribution in [0.4, 0.5) is 5.69 Å². The molecular weight excluding hydrogens is 334 g/mol. The predicted octanol–water partition coefficient (Wildman–Crippen LogP) is 3.38. The summed E-state index contributed by atoms with van der Waals surface area (Å²) in [6.45, 7) is 2.06. The Kier molecular flexibility index (Phi) is 4.73. The Morgan fingerprint density at radius 1 is 1.42 bits per heavy atom. The summed E-state index contributed by atoms with van der Waals surface area (Å²) in [5, 5.41) is 4.02. The molecule has 1 aliphatic heterocycles. The second-order valence-corrected chi connectivity index (χ2v) is 6.30. The molecule has 1 fully saturated rings. The number of carbonyl (C=O) groups excluding carboxylic acids is 1. The molecule has 1 N–H and O–H groups in total. The number of hydrogen-bond donors (Lipinski definition) is 1. The van der Waals surface area contributed by atoms with E-state index >= 15 is 0 Å². The van der Waals surface area contributed by atoms with E-state index in [4.69, 9.17) is 13.9 Å². The fourth-order valence-electron chi connectivity index (χ4n) is 3.28. The van der Waals surface area contributed by atoms with Gasteiger partial charge in [-0.05, 0) is 36.4 Å². The Hall–Kier alpha value is -2.64. The van der Waals surface area contributed by atoms with Gasteiger partial charge in [0, 0.05) is 32.1 Å². The van der Waals surface area contributed by atoms with Crippen molar-refractivity contribution < 1.29 is 18.7 Å². The van der Waals surface area contributed by atoms with Crippen molar-refractivity contribution >= 4 is 22.5 Å². The molecule has 0 unspecified atom stereocenters. The van der Waals surface area contributed by atoms with Gasteiger partial charge >= 0.3 is 0 Å². The number of fused-ring (bicyclic) bond motifs is 1. The zero-order chi connectivity index (χ0) is 17.9. The first-order valence-electron chi connectivity index (χ1n) is 8.70. The van der Waals surface area contributed by atoms with E-state index in [0.29, 0.717) is 24.7 Å². The van der Waals surface area contributed by atoms with Gasteiger partial charge in [0.25, 0.3) is 5.91 Å². The molecule has 0 bridgehead atoms. The second kappa shape index (κ2) is 7.31. The SMILES string of the molecule is COCCn1ccc2ccc(NC(=O)c3ncoc3[C@H]3CCCO3)cc21. The van der Waals surface area contributed by atoms with E-state index in [1.165, 1.54) is 6.39 Å². The summed E-state index contributed by atoms with van der Waals surface area (Å²) in [5.41, 5.74) is 2.03. The highest BCUT2D eigenvalue weighted by molar-refractivity contribution is 6.04. The lowest BCUT2D eigenvalue weighted by molar-refractivity contribution is 0.0889. The van der Waals surface area contributed by atoms with Gasteiger partial charge in [-0.2, -0.15) is 0 Å². The molecule has 7 nitrogen and oxygen atoms in total. The number of benzene rings is 1. The molecule has 3 aromatic rings. The van der Waals surface area contributed by atoms with Crippen LogP contribution < -0.4 is 5.32 Å². The lowest BCUT2D eigenvalue weighted by Crippen LogP contribution is -2.15. The molecule has 3 heterocycles. The first-order chi connectivity index (χ1) is 12.8. The van der Waals surface area contributed by atoms with Gasteiger partial charge in [0.15, 0.2) is 17.8 Å². The normalized spacial score (nSPS) is 17.0. The topological polar surface area (TPSA) is 78.5 Å². The summed E-state index contributed by atoms with van der Waals surface area (Å²) in [4.78, 5) is 16.8. The number of oxazole rings is 1. The average Bonchev–Trinajstić information content (AvgIpc) is 3.39. The minimum atomic E-state index is -0.293. The highest BCUT2D eigenvalue weighted by atomic mass is 16.5. The smallest absolute Gasteiger partial charge is 0.278 e. The summed E-state index contributed by atoms with van der Waals surface area (Å²) >= 11 is 0. The number of rotatable bonds is 6. The van der Waals surface area contributed by atoms with Crippen molar-refractivity contribution in [1.29, 1.82) is 0 Å². The van der Waals surface area contributed by atoms with Crippen LogP contribution in [0.5, 0.6) is 0 Å². The molecule has 0 saturated carbocycles. The van der Waals surface area contributed by atoms with Crippen LogP contribution in [-0.2, 0) is 16.0 Å². The molecule has 1 atom stereocenters. The third-order valence-electron chi connectivity index (χ3n) is 4.60. The summed E-state index contributed by atoms with van der Waals surface area (Å²) in [6.07, 6.45) is 4.93. The molecule has 2 aromatic heterocycles. The van der Waals surface area contributed by atoms with Crippen molar-refractivity contribution in [3.63, 3.8) is 0 Å². The Morgan fingerprint density at radius 2 is 2.35 bits per heavy atom. The molecule has 7 heteroatoms. The van der Waals surface area contributed by atoms with E-state index in [1.54, 1.807) is 7.11 Å². The van der Waals surface area contributed by atoms with Gasteiger partial charge in [-0.15, -0.1) is 0 Å². The maximum absolute atomic E-state index is 12.7. The molecule has 26 heavy (non-hydrogen) atoms. The summed E-state index contributed by atoms with van der Waals surface area (Å²) in [5.74, 6) is 0.211. The molecule has 0 radical (unpaired) electrons. The van der Waals surface area contributed by atoms with Gasteiger partial charge in [0.1, 0.15) is 6.10 Å². The van der Waals surface area contributed by atoms with E-state index in [0.717, 1.165) is 30.3 Å². The highest BCUT2D eigenvalue weighted by Crippen LogP contribution is 2.31. The Labute approximate surface area is 150 Å². The second-order valence-electron chi connectivity index (χ2n) is 6.30. The number of amides is 1. The van der Waals surface area contributed by atoms with Gasteiger partial charge in [0.2, 0.25) is 0 Å². The minimum Gasteiger partial charge on any atom is -0.445 e. The van der Waals surface area contributed by atoms with Gasteiger partial charge in [-0.25, -0.2) is 4.98 Å². The van der Waals surface area contributed by atoms with E-state index in [9.17, 15) is 4.79 Å². The number of nitrogens with one attached hydrogen (secondary N) is 1. The van der Waals surface area contributed by atoms with Crippen LogP contribution in [0.1, 0.15) is 35.2 Å². The summed E-state index contributed by atoms with van der Waals surface area (Å²) in [6, 6.07) is 7.86. The third kappa shape index (κ3) is 3.23. The van der Waals surface area contributed by atoms with Gasteiger partial charge in [-0.3, -0.25) is 4.79 Å². The molecule has 0 spiro atoms. The van der Waals surface area contributed by atoms with Crippen LogP contribution in [0.15, 0.2) is 41.3 Å². The van der Waals surface area contributed by atoms with Crippen molar-refractivity contribution in [2.45, 2.75) is 25.5 Å². The van der Waals surface area contributed by atoms with E-state index < -0.39 is 0 Å². The van der Waals surface area contributed by atoms with Crippen molar-refractivity contribution in [3.8, 4) is 0 Å². The molecule has 1 aromatic carbocycles. The molecule has 1 amide bonds. The zero-order valence-corrected chi connectivity index (χ0v) is 14.6. The van der Waals surface area contributed by atoms with Crippen LogP contribution in [0, 0.1) is 0 Å². The number of hydrogen-bond acceptors (Lipinski definition) is 5. The molecule has 4 rings (SSSR count). The van der Waals surface area contributed by atoms with Crippen LogP contribution in [0.2, 0.25) is 0 Å². The number of anilines is 1. The first kappa shape index (κ1) is 16.8. The van der Waals surface area contributed by atoms with Crippen LogP contribution in [0.25, 0.3) is 10.9 Å². The Balaban J connectivity index is 1.55. The fraction of sp³-hybridized carbons (Fsp3) is 0.368. The monoisotopic (exact) mass is 355 g/mol. The predicted molar refractivity (Wildman–Crippen MR) is 96.2 cm³/mol. The van der Waals surface area contributed by atoms with Crippen LogP contribution >= 0.6 is 0 Å². The molecule has 1 saturated heterocycles. The summed E-state index contributed by atoms with van der Waals surface area (Å²) in [7, 11) is 1.68. The number of carbonyl (C=O) groups is 1. The molecule has 1 aliphatic rings.